The Balaban J connectivity index is 2.24. The van der Waals surface area contributed by atoms with Crippen LogP contribution in [0.5, 0.6) is 0 Å². The van der Waals surface area contributed by atoms with E-state index in [1.54, 1.807) is 36.1 Å². The Bertz CT molecular complexity index is 595. The average Bonchev–Trinajstić information content (AvgIpc) is 2.81. The molecule has 0 saturated carbocycles. The van der Waals surface area contributed by atoms with Crippen LogP contribution in [0.25, 0.3) is 0 Å². The van der Waals surface area contributed by atoms with E-state index < -0.39 is 10.0 Å². The number of sulfonamides is 1. The lowest BCUT2D eigenvalue weighted by molar-refractivity contribution is -0.131. The van der Waals surface area contributed by atoms with Gasteiger partial charge in [0.05, 0.1) is 11.6 Å². The van der Waals surface area contributed by atoms with E-state index in [4.69, 9.17) is 0 Å². The molecular weight excluding hydrogens is 276 g/mol. The van der Waals surface area contributed by atoms with Crippen LogP contribution >= 0.6 is 0 Å². The normalized spacial score (nSPS) is 20.4. The molecule has 1 aliphatic rings. The summed E-state index contributed by atoms with van der Waals surface area (Å²) in [6.45, 7) is 6.06. The molecule has 110 valence electrons. The Morgan fingerprint density at radius 2 is 1.90 bits per heavy atom. The second-order valence-electron chi connectivity index (χ2n) is 5.16. The first-order chi connectivity index (χ1) is 9.36. The van der Waals surface area contributed by atoms with Gasteiger partial charge in [0, 0.05) is 19.0 Å². The van der Waals surface area contributed by atoms with E-state index in [-0.39, 0.29) is 23.5 Å². The highest BCUT2D eigenvalue weighted by Gasteiger charge is 2.37. The number of rotatable bonds is 3. The maximum absolute atomic E-state index is 12.5. The number of nitrogens with zero attached hydrogens (tertiary/aromatic N) is 2. The molecule has 1 aliphatic heterocycles. The molecule has 0 aliphatic carbocycles. The number of hydrogen-bond donors (Lipinski definition) is 0. The standard InChI is InChI=1S/C14H20N2O3S/c1-4-14(17)16-10-15(9-12(16)3)20(18,19)13-7-5-11(2)6-8-13/h5-8,12H,4,9-10H2,1-3H3/t12-/m1/s1. The summed E-state index contributed by atoms with van der Waals surface area (Å²) in [5.41, 5.74) is 1.02. The first-order valence-corrected chi connectivity index (χ1v) is 8.16. The molecule has 0 N–H and O–H groups in total. The van der Waals surface area contributed by atoms with Crippen LogP contribution in [0.4, 0.5) is 0 Å². The highest BCUT2D eigenvalue weighted by molar-refractivity contribution is 7.89. The molecule has 0 aromatic heterocycles. The molecule has 5 nitrogen and oxygen atoms in total. The van der Waals surface area contributed by atoms with Gasteiger partial charge in [0.15, 0.2) is 0 Å². The van der Waals surface area contributed by atoms with Gasteiger partial charge in [-0.3, -0.25) is 4.79 Å². The van der Waals surface area contributed by atoms with Gasteiger partial charge in [-0.1, -0.05) is 24.6 Å². The predicted octanol–water partition coefficient (Wildman–Crippen LogP) is 1.58. The Kier molecular flexibility index (Phi) is 4.15. The largest absolute Gasteiger partial charge is 0.325 e. The van der Waals surface area contributed by atoms with Crippen molar-refractivity contribution in [1.29, 1.82) is 0 Å². The SMILES string of the molecule is CCC(=O)N1CN(S(=O)(=O)c2ccc(C)cc2)C[C@H]1C. The van der Waals surface area contributed by atoms with Crippen LogP contribution < -0.4 is 0 Å². The van der Waals surface area contributed by atoms with Crippen LogP contribution in [-0.4, -0.2) is 42.8 Å². The maximum atomic E-state index is 12.5. The van der Waals surface area contributed by atoms with Gasteiger partial charge >= 0.3 is 0 Å². The molecule has 1 aromatic carbocycles. The molecule has 1 saturated heterocycles. The van der Waals surface area contributed by atoms with Gasteiger partial charge in [-0.2, -0.15) is 4.31 Å². The smallest absolute Gasteiger partial charge is 0.244 e. The molecule has 0 bridgehead atoms. The monoisotopic (exact) mass is 296 g/mol. The molecule has 1 heterocycles. The second kappa shape index (κ2) is 5.54. The third kappa shape index (κ3) is 2.71. The zero-order valence-electron chi connectivity index (χ0n) is 12.0. The molecule has 1 amide bonds. The average molecular weight is 296 g/mol. The van der Waals surface area contributed by atoms with Gasteiger partial charge in [0.2, 0.25) is 15.9 Å². The minimum atomic E-state index is -3.52. The fourth-order valence-corrected chi connectivity index (χ4v) is 3.79. The van der Waals surface area contributed by atoms with E-state index in [0.29, 0.717) is 13.0 Å². The molecule has 2 rings (SSSR count). The highest BCUT2D eigenvalue weighted by atomic mass is 32.2. The minimum absolute atomic E-state index is 0.0147. The van der Waals surface area contributed by atoms with Crippen LogP contribution in [0.2, 0.25) is 0 Å². The van der Waals surface area contributed by atoms with E-state index in [1.807, 2.05) is 13.8 Å². The lowest BCUT2D eigenvalue weighted by Gasteiger charge is -2.20. The molecule has 0 spiro atoms. The van der Waals surface area contributed by atoms with E-state index in [1.165, 1.54) is 4.31 Å². The third-order valence-corrected chi connectivity index (χ3v) is 5.40. The van der Waals surface area contributed by atoms with E-state index in [9.17, 15) is 13.2 Å². The van der Waals surface area contributed by atoms with Gasteiger partial charge in [0.1, 0.15) is 0 Å². The first-order valence-electron chi connectivity index (χ1n) is 6.72. The van der Waals surface area contributed by atoms with Crippen molar-refractivity contribution < 1.29 is 13.2 Å². The Labute approximate surface area is 120 Å². The van der Waals surface area contributed by atoms with E-state index in [2.05, 4.69) is 0 Å². The fourth-order valence-electron chi connectivity index (χ4n) is 2.32. The number of amides is 1. The summed E-state index contributed by atoms with van der Waals surface area (Å²) in [4.78, 5) is 13.7. The summed E-state index contributed by atoms with van der Waals surface area (Å²) in [6.07, 6.45) is 0.392. The van der Waals surface area contributed by atoms with Crippen molar-refractivity contribution in [2.24, 2.45) is 0 Å². The van der Waals surface area contributed by atoms with Crippen LogP contribution in [0.3, 0.4) is 0 Å². The van der Waals surface area contributed by atoms with E-state index >= 15 is 0 Å². The van der Waals surface area contributed by atoms with Gasteiger partial charge in [-0.15, -0.1) is 0 Å². The Hall–Kier alpha value is -1.40. The zero-order chi connectivity index (χ0) is 14.9. The van der Waals surface area contributed by atoms with Gasteiger partial charge in [0.25, 0.3) is 0 Å². The maximum Gasteiger partial charge on any atom is 0.244 e. The van der Waals surface area contributed by atoms with Crippen LogP contribution in [0.1, 0.15) is 25.8 Å². The summed E-state index contributed by atoms with van der Waals surface area (Å²) >= 11 is 0. The molecule has 1 atom stereocenters. The minimum Gasteiger partial charge on any atom is -0.325 e. The second-order valence-corrected chi connectivity index (χ2v) is 7.10. The molecular formula is C14H20N2O3S. The van der Waals surface area contributed by atoms with Crippen molar-refractivity contribution in [1.82, 2.24) is 9.21 Å². The van der Waals surface area contributed by atoms with Crippen molar-refractivity contribution in [2.75, 3.05) is 13.2 Å². The number of hydrogen-bond acceptors (Lipinski definition) is 3. The first kappa shape index (κ1) is 15.0. The molecule has 20 heavy (non-hydrogen) atoms. The zero-order valence-corrected chi connectivity index (χ0v) is 12.9. The van der Waals surface area contributed by atoms with Crippen LogP contribution in [0, 0.1) is 6.92 Å². The molecule has 1 aromatic rings. The van der Waals surface area contributed by atoms with Crippen molar-refractivity contribution in [3.8, 4) is 0 Å². The number of carbonyl (C=O) groups excluding carboxylic acids is 1. The molecule has 0 unspecified atom stereocenters. The third-order valence-electron chi connectivity index (χ3n) is 3.59. The topological polar surface area (TPSA) is 57.7 Å². The predicted molar refractivity (Wildman–Crippen MR) is 76.5 cm³/mol. The Morgan fingerprint density at radius 1 is 1.30 bits per heavy atom. The number of benzene rings is 1. The lowest BCUT2D eigenvalue weighted by atomic mass is 10.2. The summed E-state index contributed by atoms with van der Waals surface area (Å²) in [5.74, 6) is -0.0147. The van der Waals surface area contributed by atoms with Crippen molar-refractivity contribution >= 4 is 15.9 Å². The quantitative estimate of drug-likeness (QED) is 0.851. The number of aryl methyl sites for hydroxylation is 1. The lowest BCUT2D eigenvalue weighted by Crippen LogP contribution is -2.35. The van der Waals surface area contributed by atoms with Gasteiger partial charge in [-0.25, -0.2) is 8.42 Å². The molecule has 1 fully saturated rings. The van der Waals surface area contributed by atoms with E-state index in [0.717, 1.165) is 5.56 Å². The van der Waals surface area contributed by atoms with Crippen LogP contribution in [-0.2, 0) is 14.8 Å². The summed E-state index contributed by atoms with van der Waals surface area (Å²) < 4.78 is 26.4. The number of carbonyl (C=O) groups is 1. The van der Waals surface area contributed by atoms with Gasteiger partial charge in [-0.05, 0) is 26.0 Å². The van der Waals surface area contributed by atoms with Crippen molar-refractivity contribution in [3.63, 3.8) is 0 Å². The summed E-state index contributed by atoms with van der Waals surface area (Å²) in [5, 5.41) is 0. The van der Waals surface area contributed by atoms with Crippen molar-refractivity contribution in [2.45, 2.75) is 38.1 Å². The fraction of sp³-hybridized carbons (Fsp3) is 0.500. The summed E-state index contributed by atoms with van der Waals surface area (Å²) in [7, 11) is -3.52. The van der Waals surface area contributed by atoms with Gasteiger partial charge < -0.3 is 4.90 Å². The van der Waals surface area contributed by atoms with Crippen LogP contribution in [0.15, 0.2) is 29.2 Å². The molecule has 6 heteroatoms. The molecule has 0 radical (unpaired) electrons. The van der Waals surface area contributed by atoms with Crippen molar-refractivity contribution in [3.05, 3.63) is 29.8 Å². The highest BCUT2D eigenvalue weighted by Crippen LogP contribution is 2.23. The summed E-state index contributed by atoms with van der Waals surface area (Å²) in [6, 6.07) is 6.70. The Morgan fingerprint density at radius 3 is 2.45 bits per heavy atom.